The first kappa shape index (κ1) is 17.8. The van der Waals surface area contributed by atoms with Gasteiger partial charge in [0.2, 0.25) is 0 Å². The van der Waals surface area contributed by atoms with Crippen LogP contribution in [-0.2, 0) is 13.0 Å². The SMILES string of the molecule is CCc1ccccc1Nc1cc(C(=O)NCc2ccco2)c2ccccc2n1. The topological polar surface area (TPSA) is 67.2 Å². The molecule has 0 aliphatic carbocycles. The summed E-state index contributed by atoms with van der Waals surface area (Å²) in [5, 5.41) is 7.10. The Bertz CT molecular complexity index is 1100. The maximum absolute atomic E-state index is 12.9. The average Bonchev–Trinajstić information content (AvgIpc) is 3.25. The lowest BCUT2D eigenvalue weighted by Gasteiger charge is -2.13. The number of carbonyl (C=O) groups excluding carboxylic acids is 1. The minimum absolute atomic E-state index is 0.165. The smallest absolute Gasteiger partial charge is 0.252 e. The van der Waals surface area contributed by atoms with Crippen molar-refractivity contribution >= 4 is 28.3 Å². The van der Waals surface area contributed by atoms with Crippen LogP contribution in [0.4, 0.5) is 11.5 Å². The molecule has 2 aromatic heterocycles. The summed E-state index contributed by atoms with van der Waals surface area (Å²) in [4.78, 5) is 17.6. The van der Waals surface area contributed by atoms with Crippen molar-refractivity contribution in [3.63, 3.8) is 0 Å². The number of amides is 1. The molecule has 0 spiro atoms. The van der Waals surface area contributed by atoms with Gasteiger partial charge in [-0.05, 0) is 42.3 Å². The maximum atomic E-state index is 12.9. The van der Waals surface area contributed by atoms with Crippen LogP contribution in [0, 0.1) is 0 Å². The van der Waals surface area contributed by atoms with E-state index in [-0.39, 0.29) is 5.91 Å². The number of anilines is 2. The molecule has 0 atom stereocenters. The summed E-state index contributed by atoms with van der Waals surface area (Å²) in [6.07, 6.45) is 2.50. The molecule has 0 aliphatic heterocycles. The molecule has 28 heavy (non-hydrogen) atoms. The summed E-state index contributed by atoms with van der Waals surface area (Å²) in [6.45, 7) is 2.45. The number of furan rings is 1. The van der Waals surface area contributed by atoms with E-state index < -0.39 is 0 Å². The van der Waals surface area contributed by atoms with Gasteiger partial charge in [0.15, 0.2) is 0 Å². The fraction of sp³-hybridized carbons (Fsp3) is 0.130. The normalized spacial score (nSPS) is 10.8. The van der Waals surface area contributed by atoms with Gasteiger partial charge in [0.25, 0.3) is 5.91 Å². The van der Waals surface area contributed by atoms with Gasteiger partial charge in [0.1, 0.15) is 11.6 Å². The van der Waals surface area contributed by atoms with E-state index >= 15 is 0 Å². The molecule has 0 aliphatic rings. The molecule has 0 bridgehead atoms. The predicted octanol–water partition coefficient (Wildman–Crippen LogP) is 5.06. The van der Waals surface area contributed by atoms with Crippen molar-refractivity contribution in [2.75, 3.05) is 5.32 Å². The van der Waals surface area contributed by atoms with Gasteiger partial charge in [0, 0.05) is 11.1 Å². The number of hydrogen-bond acceptors (Lipinski definition) is 4. The third-order valence-corrected chi connectivity index (χ3v) is 4.63. The zero-order chi connectivity index (χ0) is 19.3. The number of fused-ring (bicyclic) bond motifs is 1. The van der Waals surface area contributed by atoms with Gasteiger partial charge < -0.3 is 15.1 Å². The number of hydrogen-bond donors (Lipinski definition) is 2. The fourth-order valence-electron chi connectivity index (χ4n) is 3.19. The molecule has 0 fully saturated rings. The molecule has 0 radical (unpaired) electrons. The van der Waals surface area contributed by atoms with Gasteiger partial charge in [-0.25, -0.2) is 4.98 Å². The predicted molar refractivity (Wildman–Crippen MR) is 111 cm³/mol. The molecule has 5 nitrogen and oxygen atoms in total. The first-order valence-electron chi connectivity index (χ1n) is 9.30. The second kappa shape index (κ2) is 7.96. The van der Waals surface area contributed by atoms with Crippen molar-refractivity contribution in [1.29, 1.82) is 0 Å². The van der Waals surface area contributed by atoms with Crippen LogP contribution in [0.25, 0.3) is 10.9 Å². The second-order valence-electron chi connectivity index (χ2n) is 6.47. The minimum atomic E-state index is -0.165. The van der Waals surface area contributed by atoms with E-state index in [2.05, 4.69) is 28.6 Å². The Morgan fingerprint density at radius 1 is 1.04 bits per heavy atom. The summed E-state index contributed by atoms with van der Waals surface area (Å²) in [6, 6.07) is 21.2. The third-order valence-electron chi connectivity index (χ3n) is 4.63. The molecule has 2 N–H and O–H groups in total. The summed E-state index contributed by atoms with van der Waals surface area (Å²) in [5.41, 5.74) is 3.54. The quantitative estimate of drug-likeness (QED) is 0.497. The lowest BCUT2D eigenvalue weighted by molar-refractivity contribution is 0.0949. The number of nitrogens with zero attached hydrogens (tertiary/aromatic N) is 1. The number of para-hydroxylation sites is 2. The molecule has 2 aromatic carbocycles. The molecular weight excluding hydrogens is 350 g/mol. The van der Waals surface area contributed by atoms with Crippen LogP contribution in [0.15, 0.2) is 77.4 Å². The van der Waals surface area contributed by atoms with Crippen molar-refractivity contribution in [3.05, 3.63) is 89.9 Å². The summed E-state index contributed by atoms with van der Waals surface area (Å²) < 4.78 is 5.30. The Hall–Kier alpha value is -3.60. The zero-order valence-corrected chi connectivity index (χ0v) is 15.6. The molecule has 5 heteroatoms. The van der Waals surface area contributed by atoms with Crippen LogP contribution in [-0.4, -0.2) is 10.9 Å². The highest BCUT2D eigenvalue weighted by molar-refractivity contribution is 6.07. The van der Waals surface area contributed by atoms with Gasteiger partial charge in [-0.3, -0.25) is 4.79 Å². The fourth-order valence-corrected chi connectivity index (χ4v) is 3.19. The standard InChI is InChI=1S/C23H21N3O2/c1-2-16-8-3-5-11-20(16)25-22-14-19(18-10-4-6-12-21(18)26-22)23(27)24-15-17-9-7-13-28-17/h3-14H,2,15H2,1H3,(H,24,27)(H,25,26). The van der Waals surface area contributed by atoms with Gasteiger partial charge in [0.05, 0.1) is 23.9 Å². The number of pyridine rings is 1. The minimum Gasteiger partial charge on any atom is -0.467 e. The molecule has 0 unspecified atom stereocenters. The van der Waals surface area contributed by atoms with Crippen LogP contribution in [0.3, 0.4) is 0 Å². The molecule has 2 heterocycles. The van der Waals surface area contributed by atoms with Crippen molar-refractivity contribution in [1.82, 2.24) is 10.3 Å². The van der Waals surface area contributed by atoms with E-state index in [1.165, 1.54) is 5.56 Å². The largest absolute Gasteiger partial charge is 0.467 e. The van der Waals surface area contributed by atoms with E-state index in [1.807, 2.05) is 48.5 Å². The first-order valence-corrected chi connectivity index (χ1v) is 9.30. The lowest BCUT2D eigenvalue weighted by atomic mass is 10.1. The van der Waals surface area contributed by atoms with Crippen LogP contribution < -0.4 is 10.6 Å². The van der Waals surface area contributed by atoms with Gasteiger partial charge >= 0.3 is 0 Å². The number of nitrogens with one attached hydrogen (secondary N) is 2. The number of aromatic nitrogens is 1. The van der Waals surface area contributed by atoms with Crippen LogP contribution in [0.2, 0.25) is 0 Å². The Kier molecular flexibility index (Phi) is 5.06. The highest BCUT2D eigenvalue weighted by atomic mass is 16.3. The number of carbonyl (C=O) groups is 1. The molecule has 4 rings (SSSR count). The van der Waals surface area contributed by atoms with Gasteiger partial charge in [-0.2, -0.15) is 0 Å². The van der Waals surface area contributed by atoms with Crippen molar-refractivity contribution in [2.45, 2.75) is 19.9 Å². The van der Waals surface area contributed by atoms with E-state index in [4.69, 9.17) is 4.42 Å². The van der Waals surface area contributed by atoms with Crippen molar-refractivity contribution in [3.8, 4) is 0 Å². The third kappa shape index (κ3) is 3.74. The summed E-state index contributed by atoms with van der Waals surface area (Å²) in [5.74, 6) is 1.19. The Labute approximate surface area is 163 Å². The van der Waals surface area contributed by atoms with E-state index in [9.17, 15) is 4.79 Å². The molecule has 140 valence electrons. The Morgan fingerprint density at radius 2 is 1.86 bits per heavy atom. The van der Waals surface area contributed by atoms with E-state index in [0.717, 1.165) is 23.0 Å². The van der Waals surface area contributed by atoms with Gasteiger partial charge in [-0.15, -0.1) is 0 Å². The van der Waals surface area contributed by atoms with Crippen LogP contribution in [0.1, 0.15) is 28.6 Å². The number of aryl methyl sites for hydroxylation is 1. The van der Waals surface area contributed by atoms with Crippen LogP contribution in [0.5, 0.6) is 0 Å². The molecular formula is C23H21N3O2. The average molecular weight is 371 g/mol. The highest BCUT2D eigenvalue weighted by Gasteiger charge is 2.14. The van der Waals surface area contributed by atoms with Crippen molar-refractivity contribution < 1.29 is 9.21 Å². The summed E-state index contributed by atoms with van der Waals surface area (Å²) in [7, 11) is 0. The number of benzene rings is 2. The van der Waals surface area contributed by atoms with E-state index in [0.29, 0.717) is 23.7 Å². The number of rotatable bonds is 6. The monoisotopic (exact) mass is 371 g/mol. The maximum Gasteiger partial charge on any atom is 0.252 e. The summed E-state index contributed by atoms with van der Waals surface area (Å²) >= 11 is 0. The van der Waals surface area contributed by atoms with Crippen molar-refractivity contribution in [2.24, 2.45) is 0 Å². The second-order valence-corrected chi connectivity index (χ2v) is 6.47. The van der Waals surface area contributed by atoms with Gasteiger partial charge in [-0.1, -0.05) is 43.3 Å². The zero-order valence-electron chi connectivity index (χ0n) is 15.6. The molecule has 0 saturated carbocycles. The molecule has 4 aromatic rings. The first-order chi connectivity index (χ1) is 13.7. The van der Waals surface area contributed by atoms with E-state index in [1.54, 1.807) is 18.4 Å². The highest BCUT2D eigenvalue weighted by Crippen LogP contribution is 2.25. The molecule has 0 saturated heterocycles. The molecule has 1 amide bonds. The Balaban J connectivity index is 1.68. The van der Waals surface area contributed by atoms with Crippen LogP contribution >= 0.6 is 0 Å². The lowest BCUT2D eigenvalue weighted by Crippen LogP contribution is -2.23. The Morgan fingerprint density at radius 3 is 2.68 bits per heavy atom.